The number of hydrogen-bond acceptors (Lipinski definition) is 3. The molecular formula is C13H17N3O. The van der Waals surface area contributed by atoms with Gasteiger partial charge in [-0.2, -0.15) is 0 Å². The smallest absolute Gasteiger partial charge is 0.248 e. The van der Waals surface area contributed by atoms with Crippen molar-refractivity contribution in [2.45, 2.75) is 24.9 Å². The molecule has 0 radical (unpaired) electrons. The first-order valence-corrected chi connectivity index (χ1v) is 5.99. The highest BCUT2D eigenvalue weighted by Crippen LogP contribution is 2.38. The molecule has 0 aromatic heterocycles. The van der Waals surface area contributed by atoms with E-state index in [2.05, 4.69) is 24.1 Å². The van der Waals surface area contributed by atoms with Gasteiger partial charge in [-0.1, -0.05) is 6.07 Å². The van der Waals surface area contributed by atoms with Crippen LogP contribution < -0.4 is 15.5 Å². The van der Waals surface area contributed by atoms with Gasteiger partial charge >= 0.3 is 0 Å². The largest absolute Gasteiger partial charge is 0.372 e. The number of nitrogens with two attached hydrogens (primary N) is 1. The van der Waals surface area contributed by atoms with Crippen molar-refractivity contribution in [3.05, 3.63) is 23.8 Å². The van der Waals surface area contributed by atoms with E-state index >= 15 is 0 Å². The Morgan fingerprint density at radius 1 is 1.41 bits per heavy atom. The Bertz CT molecular complexity index is 482. The van der Waals surface area contributed by atoms with E-state index in [0.717, 1.165) is 11.3 Å². The topological polar surface area (TPSA) is 49.6 Å². The zero-order valence-electron chi connectivity index (χ0n) is 10.2. The minimum Gasteiger partial charge on any atom is -0.372 e. The first kappa shape index (κ1) is 10.6. The number of carbonyl (C=O) groups excluding carboxylic acids is 1. The highest BCUT2D eigenvalue weighted by atomic mass is 16.2. The molecule has 1 aliphatic carbocycles. The molecule has 4 heteroatoms. The SMILES string of the molecule is CN1C(=O)C(N)c2ccc(N(C)C3CC3)cc21. The number of hydrogen-bond donors (Lipinski definition) is 1. The first-order valence-electron chi connectivity index (χ1n) is 5.99. The number of benzene rings is 1. The summed E-state index contributed by atoms with van der Waals surface area (Å²) in [7, 11) is 3.89. The van der Waals surface area contributed by atoms with Crippen LogP contribution in [0, 0.1) is 0 Å². The number of carbonyl (C=O) groups is 1. The molecule has 0 bridgehead atoms. The third kappa shape index (κ3) is 1.52. The zero-order chi connectivity index (χ0) is 12.2. The van der Waals surface area contributed by atoms with Crippen LogP contribution in [0.3, 0.4) is 0 Å². The Kier molecular flexibility index (Phi) is 2.16. The van der Waals surface area contributed by atoms with Gasteiger partial charge in [-0.05, 0) is 25.0 Å². The van der Waals surface area contributed by atoms with Gasteiger partial charge in [0.05, 0.1) is 5.69 Å². The predicted octanol–water partition coefficient (Wildman–Crippen LogP) is 1.26. The van der Waals surface area contributed by atoms with E-state index in [1.807, 2.05) is 6.07 Å². The van der Waals surface area contributed by atoms with Crippen molar-refractivity contribution in [3.8, 4) is 0 Å². The van der Waals surface area contributed by atoms with Crippen LogP contribution in [-0.4, -0.2) is 26.0 Å². The maximum atomic E-state index is 11.8. The molecular weight excluding hydrogens is 214 g/mol. The standard InChI is InChI=1S/C13H17N3O/c1-15(8-3-4-8)9-5-6-10-11(7-9)16(2)13(17)12(10)14/h5-8,12H,3-4,14H2,1-2H3. The summed E-state index contributed by atoms with van der Waals surface area (Å²) < 4.78 is 0. The van der Waals surface area contributed by atoms with Gasteiger partial charge in [-0.3, -0.25) is 4.79 Å². The van der Waals surface area contributed by atoms with E-state index in [4.69, 9.17) is 5.73 Å². The zero-order valence-corrected chi connectivity index (χ0v) is 10.2. The van der Waals surface area contributed by atoms with Crippen LogP contribution in [-0.2, 0) is 4.79 Å². The second-order valence-corrected chi connectivity index (χ2v) is 4.96. The molecule has 1 aromatic carbocycles. The van der Waals surface area contributed by atoms with E-state index in [-0.39, 0.29) is 5.91 Å². The lowest BCUT2D eigenvalue weighted by Crippen LogP contribution is -2.27. The van der Waals surface area contributed by atoms with E-state index in [1.165, 1.54) is 18.5 Å². The fraction of sp³-hybridized carbons (Fsp3) is 0.462. The van der Waals surface area contributed by atoms with Crippen molar-refractivity contribution in [2.75, 3.05) is 23.9 Å². The Balaban J connectivity index is 1.99. The van der Waals surface area contributed by atoms with E-state index in [9.17, 15) is 4.79 Å². The molecule has 1 saturated carbocycles. The molecule has 1 aliphatic heterocycles. The Hall–Kier alpha value is -1.55. The van der Waals surface area contributed by atoms with Crippen molar-refractivity contribution in [1.29, 1.82) is 0 Å². The fourth-order valence-corrected chi connectivity index (χ4v) is 2.44. The molecule has 3 rings (SSSR count). The van der Waals surface area contributed by atoms with Gasteiger partial charge in [-0.25, -0.2) is 0 Å². The lowest BCUT2D eigenvalue weighted by Gasteiger charge is -2.20. The van der Waals surface area contributed by atoms with Crippen LogP contribution in [0.1, 0.15) is 24.4 Å². The molecule has 1 fully saturated rings. The van der Waals surface area contributed by atoms with Crippen molar-refractivity contribution in [1.82, 2.24) is 0 Å². The highest BCUT2D eigenvalue weighted by molar-refractivity contribution is 6.04. The summed E-state index contributed by atoms with van der Waals surface area (Å²) in [4.78, 5) is 15.7. The molecule has 0 saturated heterocycles. The molecule has 17 heavy (non-hydrogen) atoms. The summed E-state index contributed by atoms with van der Waals surface area (Å²) in [5.74, 6) is -0.0220. The molecule has 0 spiro atoms. The monoisotopic (exact) mass is 231 g/mol. The molecule has 2 N–H and O–H groups in total. The lowest BCUT2D eigenvalue weighted by atomic mass is 10.1. The summed E-state index contributed by atoms with van der Waals surface area (Å²) >= 11 is 0. The van der Waals surface area contributed by atoms with Gasteiger partial charge in [0.2, 0.25) is 5.91 Å². The van der Waals surface area contributed by atoms with Crippen molar-refractivity contribution < 1.29 is 4.79 Å². The van der Waals surface area contributed by atoms with Crippen molar-refractivity contribution in [2.24, 2.45) is 5.73 Å². The maximum absolute atomic E-state index is 11.8. The van der Waals surface area contributed by atoms with Gasteiger partial charge in [0.25, 0.3) is 0 Å². The highest BCUT2D eigenvalue weighted by Gasteiger charge is 2.33. The number of likely N-dealkylation sites (N-methyl/N-ethyl adjacent to an activating group) is 1. The van der Waals surface area contributed by atoms with Gasteiger partial charge in [-0.15, -0.1) is 0 Å². The van der Waals surface area contributed by atoms with Crippen molar-refractivity contribution >= 4 is 17.3 Å². The molecule has 1 amide bonds. The third-order valence-corrected chi connectivity index (χ3v) is 3.81. The van der Waals surface area contributed by atoms with Gasteiger partial charge < -0.3 is 15.5 Å². The van der Waals surface area contributed by atoms with Crippen LogP contribution in [0.25, 0.3) is 0 Å². The van der Waals surface area contributed by atoms with E-state index < -0.39 is 6.04 Å². The van der Waals surface area contributed by atoms with Gasteiger partial charge in [0.15, 0.2) is 0 Å². The summed E-state index contributed by atoms with van der Waals surface area (Å²) in [5, 5.41) is 0. The summed E-state index contributed by atoms with van der Waals surface area (Å²) in [6.07, 6.45) is 2.53. The number of fused-ring (bicyclic) bond motifs is 1. The second-order valence-electron chi connectivity index (χ2n) is 4.96. The Labute approximate surface area is 101 Å². The molecule has 1 atom stereocenters. The minimum atomic E-state index is -0.490. The second kappa shape index (κ2) is 3.47. The Morgan fingerprint density at radius 2 is 2.12 bits per heavy atom. The van der Waals surface area contributed by atoms with E-state index in [1.54, 1.807) is 11.9 Å². The molecule has 1 aromatic rings. The van der Waals surface area contributed by atoms with Crippen LogP contribution in [0.2, 0.25) is 0 Å². The number of amides is 1. The molecule has 1 unspecified atom stereocenters. The van der Waals surface area contributed by atoms with Crippen molar-refractivity contribution in [3.63, 3.8) is 0 Å². The minimum absolute atomic E-state index is 0.0220. The van der Waals surface area contributed by atoms with E-state index in [0.29, 0.717) is 6.04 Å². The number of rotatable bonds is 2. The first-order chi connectivity index (χ1) is 8.09. The van der Waals surface area contributed by atoms with Gasteiger partial charge in [0.1, 0.15) is 6.04 Å². The molecule has 2 aliphatic rings. The fourth-order valence-electron chi connectivity index (χ4n) is 2.44. The third-order valence-electron chi connectivity index (χ3n) is 3.81. The molecule has 1 heterocycles. The van der Waals surface area contributed by atoms with Crippen LogP contribution in [0.15, 0.2) is 18.2 Å². The molecule has 90 valence electrons. The summed E-state index contributed by atoms with van der Waals surface area (Å²) in [6, 6.07) is 6.29. The Morgan fingerprint density at radius 3 is 2.76 bits per heavy atom. The van der Waals surface area contributed by atoms with Crippen LogP contribution in [0.4, 0.5) is 11.4 Å². The predicted molar refractivity (Wildman–Crippen MR) is 68.2 cm³/mol. The van der Waals surface area contributed by atoms with Crippen LogP contribution >= 0.6 is 0 Å². The average molecular weight is 231 g/mol. The lowest BCUT2D eigenvalue weighted by molar-refractivity contribution is -0.118. The van der Waals surface area contributed by atoms with Crippen LogP contribution in [0.5, 0.6) is 0 Å². The number of nitrogens with zero attached hydrogens (tertiary/aromatic N) is 2. The normalized spacial score (nSPS) is 22.9. The van der Waals surface area contributed by atoms with Gasteiger partial charge in [0, 0.05) is 31.4 Å². The quantitative estimate of drug-likeness (QED) is 0.833. The average Bonchev–Trinajstić information content (AvgIpc) is 3.15. The summed E-state index contributed by atoms with van der Waals surface area (Å²) in [5.41, 5.74) is 8.93. The molecule has 4 nitrogen and oxygen atoms in total. The number of anilines is 2. The maximum Gasteiger partial charge on any atom is 0.248 e. The summed E-state index contributed by atoms with van der Waals surface area (Å²) in [6.45, 7) is 0.